The van der Waals surface area contributed by atoms with Crippen molar-refractivity contribution in [3.63, 3.8) is 0 Å². The Kier molecular flexibility index (Phi) is 3.74. The van der Waals surface area contributed by atoms with Gasteiger partial charge in [0.2, 0.25) is 0 Å². The summed E-state index contributed by atoms with van der Waals surface area (Å²) in [7, 11) is 0. The van der Waals surface area contributed by atoms with E-state index in [1.807, 2.05) is 10.9 Å². The van der Waals surface area contributed by atoms with Crippen molar-refractivity contribution in [2.24, 2.45) is 0 Å². The van der Waals surface area contributed by atoms with Crippen LogP contribution in [-0.2, 0) is 19.6 Å². The average Bonchev–Trinajstić information content (AvgIpc) is 2.89. The number of hydrogen-bond donors (Lipinski definition) is 1. The van der Waals surface area contributed by atoms with Crippen LogP contribution in [0.3, 0.4) is 0 Å². The molecule has 0 aliphatic heterocycles. The Balaban J connectivity index is 1.82. The number of nitrogens with one attached hydrogen (secondary N) is 1. The maximum atomic E-state index is 4.25. The minimum absolute atomic E-state index is 0.884. The third-order valence-corrected chi connectivity index (χ3v) is 3.53. The van der Waals surface area contributed by atoms with Crippen molar-refractivity contribution in [2.75, 3.05) is 0 Å². The van der Waals surface area contributed by atoms with E-state index in [2.05, 4.69) is 41.2 Å². The van der Waals surface area contributed by atoms with Crippen LogP contribution >= 0.6 is 11.3 Å². The van der Waals surface area contributed by atoms with Crippen molar-refractivity contribution >= 4 is 11.3 Å². The number of rotatable bonds is 5. The van der Waals surface area contributed by atoms with E-state index in [1.54, 1.807) is 11.3 Å². The summed E-state index contributed by atoms with van der Waals surface area (Å²) >= 11 is 1.76. The zero-order valence-electron chi connectivity index (χ0n) is 9.73. The number of hydrogen-bond acceptors (Lipinski definition) is 3. The smallest absolute Gasteiger partial charge is 0.0534 e. The number of thiophene rings is 1. The van der Waals surface area contributed by atoms with Gasteiger partial charge in [-0.05, 0) is 35.7 Å². The third-order valence-electron chi connectivity index (χ3n) is 2.62. The fraction of sp³-hybridized carbons (Fsp3) is 0.417. The lowest BCUT2D eigenvalue weighted by atomic mass is 10.2. The van der Waals surface area contributed by atoms with E-state index < -0.39 is 0 Å². The highest BCUT2D eigenvalue weighted by Gasteiger charge is 2.00. The van der Waals surface area contributed by atoms with Crippen LogP contribution in [0.5, 0.6) is 0 Å². The van der Waals surface area contributed by atoms with E-state index in [1.165, 1.54) is 16.7 Å². The van der Waals surface area contributed by atoms with Crippen molar-refractivity contribution in [1.29, 1.82) is 0 Å². The topological polar surface area (TPSA) is 29.9 Å². The summed E-state index contributed by atoms with van der Waals surface area (Å²) in [4.78, 5) is 0. The molecule has 4 heteroatoms. The van der Waals surface area contributed by atoms with E-state index in [0.29, 0.717) is 0 Å². The Bertz CT molecular complexity index is 445. The molecule has 0 fully saturated rings. The fourth-order valence-electron chi connectivity index (χ4n) is 1.58. The molecule has 0 atom stereocenters. The monoisotopic (exact) mass is 235 g/mol. The lowest BCUT2D eigenvalue weighted by Crippen LogP contribution is -2.12. The van der Waals surface area contributed by atoms with Gasteiger partial charge in [-0.25, -0.2) is 0 Å². The van der Waals surface area contributed by atoms with E-state index in [-0.39, 0.29) is 0 Å². The molecule has 1 N–H and O–H groups in total. The first kappa shape index (κ1) is 11.4. The van der Waals surface area contributed by atoms with Gasteiger partial charge in [-0.3, -0.25) is 4.68 Å². The second-order valence-corrected chi connectivity index (χ2v) is 4.63. The van der Waals surface area contributed by atoms with Crippen molar-refractivity contribution in [2.45, 2.75) is 33.5 Å². The van der Waals surface area contributed by atoms with Crippen LogP contribution in [0.15, 0.2) is 23.2 Å². The molecular weight excluding hydrogens is 218 g/mol. The first-order chi connectivity index (χ1) is 7.79. The maximum absolute atomic E-state index is 4.25. The maximum Gasteiger partial charge on any atom is 0.0534 e. The van der Waals surface area contributed by atoms with Crippen molar-refractivity contribution in [1.82, 2.24) is 15.1 Å². The van der Waals surface area contributed by atoms with Gasteiger partial charge in [0.05, 0.1) is 6.20 Å². The highest BCUT2D eigenvalue weighted by molar-refractivity contribution is 7.08. The average molecular weight is 235 g/mol. The Morgan fingerprint density at radius 2 is 2.25 bits per heavy atom. The zero-order chi connectivity index (χ0) is 11.4. The van der Waals surface area contributed by atoms with E-state index >= 15 is 0 Å². The Hall–Kier alpha value is -1.13. The largest absolute Gasteiger partial charge is 0.308 e. The molecule has 0 aromatic carbocycles. The van der Waals surface area contributed by atoms with Crippen LogP contribution in [0, 0.1) is 6.92 Å². The van der Waals surface area contributed by atoms with Crippen LogP contribution in [0.4, 0.5) is 0 Å². The molecule has 0 bridgehead atoms. The van der Waals surface area contributed by atoms with Gasteiger partial charge in [0.1, 0.15) is 0 Å². The van der Waals surface area contributed by atoms with Crippen molar-refractivity contribution < 1.29 is 0 Å². The minimum Gasteiger partial charge on any atom is -0.308 e. The van der Waals surface area contributed by atoms with Gasteiger partial charge in [-0.15, -0.1) is 0 Å². The molecule has 2 aromatic rings. The lowest BCUT2D eigenvalue weighted by Gasteiger charge is -2.02. The molecule has 2 rings (SSSR count). The standard InChI is InChI=1S/C12H17N3S/c1-3-15-7-11(5-14-15)4-13-6-12-9-16-8-10(12)2/h5,7-9,13H,3-4,6H2,1-2H3. The molecule has 86 valence electrons. The predicted octanol–water partition coefficient (Wildman–Crippen LogP) is 2.56. The molecule has 2 heterocycles. The summed E-state index contributed by atoms with van der Waals surface area (Å²) in [6, 6.07) is 0. The van der Waals surface area contributed by atoms with Crippen LogP contribution in [0.2, 0.25) is 0 Å². The van der Waals surface area contributed by atoms with E-state index in [0.717, 1.165) is 19.6 Å². The molecule has 2 aromatic heterocycles. The summed E-state index contributed by atoms with van der Waals surface area (Å²) in [5.41, 5.74) is 4.02. The van der Waals surface area contributed by atoms with Crippen molar-refractivity contribution in [3.8, 4) is 0 Å². The molecule has 0 unspecified atom stereocenters. The van der Waals surface area contributed by atoms with Gasteiger partial charge in [0.25, 0.3) is 0 Å². The van der Waals surface area contributed by atoms with Gasteiger partial charge in [0.15, 0.2) is 0 Å². The number of aryl methyl sites for hydroxylation is 2. The Labute approximate surface area is 100 Å². The molecule has 0 aliphatic carbocycles. The highest BCUT2D eigenvalue weighted by Crippen LogP contribution is 2.13. The number of nitrogens with zero attached hydrogens (tertiary/aromatic N) is 2. The highest BCUT2D eigenvalue weighted by atomic mass is 32.1. The minimum atomic E-state index is 0.884. The zero-order valence-corrected chi connectivity index (χ0v) is 10.5. The van der Waals surface area contributed by atoms with Crippen LogP contribution in [-0.4, -0.2) is 9.78 Å². The number of aromatic nitrogens is 2. The SMILES string of the molecule is CCn1cc(CNCc2cscc2C)cn1. The first-order valence-electron chi connectivity index (χ1n) is 5.53. The molecule has 3 nitrogen and oxygen atoms in total. The van der Waals surface area contributed by atoms with Gasteiger partial charge in [-0.1, -0.05) is 0 Å². The quantitative estimate of drug-likeness (QED) is 0.863. The van der Waals surface area contributed by atoms with Gasteiger partial charge in [-0.2, -0.15) is 16.4 Å². The predicted molar refractivity (Wildman–Crippen MR) is 67.5 cm³/mol. The molecule has 16 heavy (non-hydrogen) atoms. The van der Waals surface area contributed by atoms with Gasteiger partial charge < -0.3 is 5.32 Å². The Morgan fingerprint density at radius 1 is 1.38 bits per heavy atom. The summed E-state index contributed by atoms with van der Waals surface area (Å²) in [5.74, 6) is 0. The Morgan fingerprint density at radius 3 is 2.88 bits per heavy atom. The van der Waals surface area contributed by atoms with E-state index in [9.17, 15) is 0 Å². The van der Waals surface area contributed by atoms with Gasteiger partial charge >= 0.3 is 0 Å². The molecule has 0 aliphatic rings. The summed E-state index contributed by atoms with van der Waals surface area (Å²) < 4.78 is 1.95. The van der Waals surface area contributed by atoms with Crippen molar-refractivity contribution in [3.05, 3.63) is 39.8 Å². The van der Waals surface area contributed by atoms with Crippen LogP contribution in [0.25, 0.3) is 0 Å². The third kappa shape index (κ3) is 2.71. The molecular formula is C12H17N3S. The molecule has 0 saturated carbocycles. The van der Waals surface area contributed by atoms with E-state index in [4.69, 9.17) is 0 Å². The normalized spacial score (nSPS) is 10.9. The second kappa shape index (κ2) is 5.27. The molecule has 0 spiro atoms. The van der Waals surface area contributed by atoms with Crippen LogP contribution < -0.4 is 5.32 Å². The fourth-order valence-corrected chi connectivity index (χ4v) is 2.44. The molecule has 0 radical (unpaired) electrons. The van der Waals surface area contributed by atoms with Crippen LogP contribution in [0.1, 0.15) is 23.6 Å². The summed E-state index contributed by atoms with van der Waals surface area (Å²) in [6.07, 6.45) is 4.02. The summed E-state index contributed by atoms with van der Waals surface area (Å²) in [5, 5.41) is 12.1. The second-order valence-electron chi connectivity index (χ2n) is 3.89. The summed E-state index contributed by atoms with van der Waals surface area (Å²) in [6.45, 7) is 7.01. The molecule has 0 saturated heterocycles. The molecule has 0 amide bonds. The van der Waals surface area contributed by atoms with Gasteiger partial charge in [0, 0.05) is 31.4 Å². The first-order valence-corrected chi connectivity index (χ1v) is 6.47. The lowest BCUT2D eigenvalue weighted by molar-refractivity contribution is 0.655.